The first kappa shape index (κ1) is 17.6. The molecule has 0 bridgehead atoms. The van der Waals surface area contributed by atoms with E-state index in [1.165, 1.54) is 12.3 Å². The van der Waals surface area contributed by atoms with E-state index in [1.54, 1.807) is 0 Å². The second-order valence-corrected chi connectivity index (χ2v) is 6.22. The molecule has 1 saturated carbocycles. The Labute approximate surface area is 141 Å². The van der Waals surface area contributed by atoms with Crippen molar-refractivity contribution in [2.75, 3.05) is 11.9 Å². The zero-order valence-electron chi connectivity index (χ0n) is 13.3. The topological polar surface area (TPSA) is 145 Å². The minimum absolute atomic E-state index is 0.258. The number of aliphatic hydroxyl groups is 2. The van der Waals surface area contributed by atoms with Crippen molar-refractivity contribution in [2.24, 2.45) is 5.11 Å². The van der Waals surface area contributed by atoms with Crippen LogP contribution in [0.5, 0.6) is 0 Å². The summed E-state index contributed by atoms with van der Waals surface area (Å²) in [5.41, 5.74) is 5.59. The fourth-order valence-electron chi connectivity index (χ4n) is 3.25. The first-order chi connectivity index (χ1) is 12.0. The molecule has 2 fully saturated rings. The van der Waals surface area contributed by atoms with Gasteiger partial charge in [-0.25, -0.2) is 9.18 Å². The second-order valence-electron chi connectivity index (χ2n) is 6.22. The first-order valence-electron chi connectivity index (χ1n) is 8.03. The van der Waals surface area contributed by atoms with E-state index in [-0.39, 0.29) is 6.04 Å². The number of anilines is 1. The monoisotopic (exact) mass is 354 g/mol. The molecule has 0 radical (unpaired) electrons. The summed E-state index contributed by atoms with van der Waals surface area (Å²) >= 11 is 0. The number of alkyl halides is 1. The normalized spacial score (nSPS) is 32.5. The van der Waals surface area contributed by atoms with Gasteiger partial charge in [0.25, 0.3) is 0 Å². The van der Waals surface area contributed by atoms with Crippen molar-refractivity contribution in [1.82, 2.24) is 9.55 Å². The lowest BCUT2D eigenvalue weighted by Crippen LogP contribution is -2.43. The lowest BCUT2D eigenvalue weighted by Gasteiger charge is -2.23. The zero-order valence-corrected chi connectivity index (χ0v) is 13.3. The summed E-state index contributed by atoms with van der Waals surface area (Å²) in [6, 6.07) is 1.77. The number of hydrogen-bond acceptors (Lipinski definition) is 7. The maximum Gasteiger partial charge on any atom is 0.351 e. The van der Waals surface area contributed by atoms with Crippen molar-refractivity contribution in [2.45, 2.75) is 56.0 Å². The molecule has 11 heteroatoms. The van der Waals surface area contributed by atoms with Crippen LogP contribution in [0.15, 0.2) is 22.2 Å². The van der Waals surface area contributed by atoms with Crippen LogP contribution < -0.4 is 11.0 Å². The van der Waals surface area contributed by atoms with E-state index in [0.29, 0.717) is 5.82 Å². The SMILES string of the molecule is [N-]=[N+]=NC1(CO)O[C@@H](n2ccc(NC3CCCC3)nc2=O)[C@@H](F)[C@@H]1O. The van der Waals surface area contributed by atoms with Gasteiger partial charge in [0, 0.05) is 17.2 Å². The van der Waals surface area contributed by atoms with E-state index < -0.39 is 36.5 Å². The number of hydrogen-bond donors (Lipinski definition) is 3. The molecule has 2 heterocycles. The fourth-order valence-corrected chi connectivity index (χ4v) is 3.25. The Kier molecular flexibility index (Phi) is 4.91. The minimum Gasteiger partial charge on any atom is -0.393 e. The number of halogens is 1. The molecule has 4 atom stereocenters. The molecule has 1 aliphatic heterocycles. The van der Waals surface area contributed by atoms with Crippen LogP contribution in [0.25, 0.3) is 10.4 Å². The Balaban J connectivity index is 1.84. The third-order valence-electron chi connectivity index (χ3n) is 4.61. The van der Waals surface area contributed by atoms with Crippen LogP contribution in [0.4, 0.5) is 10.2 Å². The Morgan fingerprint density at radius 2 is 2.28 bits per heavy atom. The number of aliphatic hydroxyl groups excluding tert-OH is 2. The molecule has 136 valence electrons. The zero-order chi connectivity index (χ0) is 18.0. The van der Waals surface area contributed by atoms with E-state index in [9.17, 15) is 19.4 Å². The van der Waals surface area contributed by atoms with Crippen molar-refractivity contribution in [1.29, 1.82) is 0 Å². The van der Waals surface area contributed by atoms with Gasteiger partial charge in [0.1, 0.15) is 11.9 Å². The quantitative estimate of drug-likeness (QED) is 0.405. The molecular formula is C14H19FN6O4. The summed E-state index contributed by atoms with van der Waals surface area (Å²) in [6.45, 7) is -0.932. The van der Waals surface area contributed by atoms with Gasteiger partial charge in [-0.3, -0.25) is 4.57 Å². The summed E-state index contributed by atoms with van der Waals surface area (Å²) < 4.78 is 20.5. The molecule has 0 spiro atoms. The van der Waals surface area contributed by atoms with Crippen LogP contribution in [-0.2, 0) is 4.74 Å². The number of nitrogens with zero attached hydrogens (tertiary/aromatic N) is 5. The third kappa shape index (κ3) is 3.19. The lowest BCUT2D eigenvalue weighted by molar-refractivity contribution is -0.124. The second kappa shape index (κ2) is 6.96. The van der Waals surface area contributed by atoms with Crippen LogP contribution in [0, 0.1) is 0 Å². The number of ether oxygens (including phenoxy) is 1. The molecule has 25 heavy (non-hydrogen) atoms. The van der Waals surface area contributed by atoms with Gasteiger partial charge in [-0.2, -0.15) is 4.98 Å². The van der Waals surface area contributed by atoms with Crippen molar-refractivity contribution in [3.05, 3.63) is 33.2 Å². The molecule has 1 unspecified atom stereocenters. The van der Waals surface area contributed by atoms with Crippen molar-refractivity contribution < 1.29 is 19.3 Å². The van der Waals surface area contributed by atoms with Gasteiger partial charge >= 0.3 is 5.69 Å². The fraction of sp³-hybridized carbons (Fsp3) is 0.714. The van der Waals surface area contributed by atoms with Crippen LogP contribution in [0.2, 0.25) is 0 Å². The summed E-state index contributed by atoms with van der Waals surface area (Å²) in [7, 11) is 0. The lowest BCUT2D eigenvalue weighted by atomic mass is 10.1. The number of azide groups is 1. The Bertz CT molecular complexity index is 732. The van der Waals surface area contributed by atoms with Crippen LogP contribution >= 0.6 is 0 Å². The van der Waals surface area contributed by atoms with Crippen LogP contribution in [-0.4, -0.2) is 50.4 Å². The molecule has 3 N–H and O–H groups in total. The molecule has 1 saturated heterocycles. The highest BCUT2D eigenvalue weighted by molar-refractivity contribution is 5.33. The molecule has 0 aromatic carbocycles. The summed E-state index contributed by atoms with van der Waals surface area (Å²) in [5.74, 6) is 0.380. The molecular weight excluding hydrogens is 335 g/mol. The van der Waals surface area contributed by atoms with E-state index in [0.717, 1.165) is 30.3 Å². The van der Waals surface area contributed by atoms with Crippen molar-refractivity contribution in [3.63, 3.8) is 0 Å². The average Bonchev–Trinajstić information content (AvgIpc) is 3.18. The molecule has 1 aromatic rings. The van der Waals surface area contributed by atoms with Crippen molar-refractivity contribution >= 4 is 5.82 Å². The van der Waals surface area contributed by atoms with Gasteiger partial charge in [0.2, 0.25) is 5.72 Å². The highest BCUT2D eigenvalue weighted by Gasteiger charge is 2.56. The maximum atomic E-state index is 14.4. The number of aromatic nitrogens is 2. The van der Waals surface area contributed by atoms with Gasteiger partial charge in [0.05, 0.1) is 6.61 Å². The van der Waals surface area contributed by atoms with Crippen molar-refractivity contribution in [3.8, 4) is 0 Å². The van der Waals surface area contributed by atoms with E-state index in [2.05, 4.69) is 20.3 Å². The third-order valence-corrected chi connectivity index (χ3v) is 4.61. The standard InChI is InChI=1S/C14H19FN6O4/c15-10-11(23)14(7-22,19-20-16)25-12(10)21-6-5-9(18-13(21)24)17-8-3-1-2-4-8/h5-6,8,10-12,22-23H,1-4,7H2,(H,17,18,24)/t10-,11-,12+,14?/m0/s1. The first-order valence-corrected chi connectivity index (χ1v) is 8.03. The number of nitrogens with one attached hydrogen (secondary N) is 1. The van der Waals surface area contributed by atoms with Crippen LogP contribution in [0.3, 0.4) is 0 Å². The Morgan fingerprint density at radius 1 is 1.56 bits per heavy atom. The van der Waals surface area contributed by atoms with E-state index in [1.807, 2.05) is 0 Å². The highest BCUT2D eigenvalue weighted by Crippen LogP contribution is 2.39. The Hall–Kier alpha value is -2.20. The smallest absolute Gasteiger partial charge is 0.351 e. The molecule has 10 nitrogen and oxygen atoms in total. The maximum absolute atomic E-state index is 14.4. The molecule has 0 amide bonds. The van der Waals surface area contributed by atoms with Gasteiger partial charge in [-0.1, -0.05) is 18.0 Å². The van der Waals surface area contributed by atoms with E-state index in [4.69, 9.17) is 10.3 Å². The Morgan fingerprint density at radius 3 is 2.88 bits per heavy atom. The number of rotatable bonds is 5. The summed E-state index contributed by atoms with van der Waals surface area (Å²) in [4.78, 5) is 18.6. The molecule has 1 aliphatic carbocycles. The van der Waals surface area contributed by atoms with Gasteiger partial charge in [-0.05, 0) is 24.4 Å². The molecule has 1 aromatic heterocycles. The van der Waals surface area contributed by atoms with E-state index >= 15 is 0 Å². The minimum atomic E-state index is -2.18. The van der Waals surface area contributed by atoms with Crippen LogP contribution in [0.1, 0.15) is 31.9 Å². The predicted octanol–water partition coefficient (Wildman–Crippen LogP) is 0.825. The largest absolute Gasteiger partial charge is 0.393 e. The van der Waals surface area contributed by atoms with Gasteiger partial charge < -0.3 is 20.3 Å². The summed E-state index contributed by atoms with van der Waals surface area (Å²) in [5, 5.41) is 25.6. The van der Waals surface area contributed by atoms with Gasteiger partial charge in [-0.15, -0.1) is 0 Å². The van der Waals surface area contributed by atoms with Gasteiger partial charge in [0.15, 0.2) is 12.4 Å². The molecule has 3 rings (SSSR count). The predicted molar refractivity (Wildman–Crippen MR) is 84.4 cm³/mol. The molecule has 2 aliphatic rings. The highest BCUT2D eigenvalue weighted by atomic mass is 19.1. The summed E-state index contributed by atoms with van der Waals surface area (Å²) in [6.07, 6.45) is -0.0229. The average molecular weight is 354 g/mol.